The summed E-state index contributed by atoms with van der Waals surface area (Å²) in [5.41, 5.74) is 0.828. The minimum absolute atomic E-state index is 0.202. The first-order valence-electron chi connectivity index (χ1n) is 7.25. The quantitative estimate of drug-likeness (QED) is 0.725. The van der Waals surface area contributed by atoms with E-state index in [1.165, 1.54) is 29.3 Å². The van der Waals surface area contributed by atoms with E-state index in [-0.39, 0.29) is 5.91 Å². The average molecular weight is 371 g/mol. The standard InChI is InChI=1S/C16H22INO/c1-2-4-13-5-3-11-18(12-10-13)16(19)14-6-8-15(17)9-7-14/h6-9,13H,2-5,10-12H2,1H3. The summed E-state index contributed by atoms with van der Waals surface area (Å²) in [7, 11) is 0. The molecule has 0 aromatic heterocycles. The monoisotopic (exact) mass is 371 g/mol. The van der Waals surface area contributed by atoms with E-state index >= 15 is 0 Å². The molecule has 0 bridgehead atoms. The summed E-state index contributed by atoms with van der Waals surface area (Å²) in [5, 5.41) is 0. The third-order valence-corrected chi connectivity index (χ3v) is 4.64. The number of carbonyl (C=O) groups excluding carboxylic acids is 1. The Morgan fingerprint density at radius 3 is 2.68 bits per heavy atom. The molecule has 104 valence electrons. The molecule has 0 spiro atoms. The van der Waals surface area contributed by atoms with Gasteiger partial charge in [0.05, 0.1) is 0 Å². The van der Waals surface area contributed by atoms with Gasteiger partial charge in [0.15, 0.2) is 0 Å². The maximum Gasteiger partial charge on any atom is 0.253 e. The van der Waals surface area contributed by atoms with Gasteiger partial charge in [-0.25, -0.2) is 0 Å². The molecule has 0 radical (unpaired) electrons. The summed E-state index contributed by atoms with van der Waals surface area (Å²) < 4.78 is 1.17. The molecule has 2 nitrogen and oxygen atoms in total. The summed E-state index contributed by atoms with van der Waals surface area (Å²) in [4.78, 5) is 14.5. The maximum atomic E-state index is 12.5. The summed E-state index contributed by atoms with van der Waals surface area (Å²) >= 11 is 2.27. The van der Waals surface area contributed by atoms with Crippen molar-refractivity contribution in [1.82, 2.24) is 4.90 Å². The van der Waals surface area contributed by atoms with Gasteiger partial charge in [0.25, 0.3) is 5.91 Å². The zero-order valence-corrected chi connectivity index (χ0v) is 13.7. The van der Waals surface area contributed by atoms with Gasteiger partial charge in [-0.15, -0.1) is 0 Å². The summed E-state index contributed by atoms with van der Waals surface area (Å²) in [6.07, 6.45) is 6.18. The number of halogens is 1. The lowest BCUT2D eigenvalue weighted by atomic mass is 9.96. The van der Waals surface area contributed by atoms with E-state index in [0.29, 0.717) is 0 Å². The van der Waals surface area contributed by atoms with Gasteiger partial charge in [-0.3, -0.25) is 4.79 Å². The van der Waals surface area contributed by atoms with Crippen molar-refractivity contribution in [3.05, 3.63) is 33.4 Å². The third kappa shape index (κ3) is 4.20. The number of carbonyl (C=O) groups is 1. The van der Waals surface area contributed by atoms with Crippen molar-refractivity contribution in [2.45, 2.75) is 39.0 Å². The molecule has 1 amide bonds. The van der Waals surface area contributed by atoms with Gasteiger partial charge in [-0.2, -0.15) is 0 Å². The molecule has 2 rings (SSSR count). The smallest absolute Gasteiger partial charge is 0.253 e. The van der Waals surface area contributed by atoms with Gasteiger partial charge in [0.2, 0.25) is 0 Å². The van der Waals surface area contributed by atoms with Crippen LogP contribution in [0.4, 0.5) is 0 Å². The van der Waals surface area contributed by atoms with Gasteiger partial charge >= 0.3 is 0 Å². The van der Waals surface area contributed by atoms with Crippen molar-refractivity contribution in [2.24, 2.45) is 5.92 Å². The summed E-state index contributed by atoms with van der Waals surface area (Å²) in [6.45, 7) is 4.10. The van der Waals surface area contributed by atoms with Crippen LogP contribution >= 0.6 is 22.6 Å². The van der Waals surface area contributed by atoms with Crippen LogP contribution in [0.15, 0.2) is 24.3 Å². The highest BCUT2D eigenvalue weighted by atomic mass is 127. The predicted molar refractivity (Wildman–Crippen MR) is 87.3 cm³/mol. The van der Waals surface area contributed by atoms with Crippen molar-refractivity contribution in [1.29, 1.82) is 0 Å². The second-order valence-corrected chi connectivity index (χ2v) is 6.63. The molecule has 1 aliphatic rings. The van der Waals surface area contributed by atoms with E-state index in [1.54, 1.807) is 0 Å². The van der Waals surface area contributed by atoms with Gasteiger partial charge in [0, 0.05) is 22.2 Å². The van der Waals surface area contributed by atoms with Crippen LogP contribution in [0.5, 0.6) is 0 Å². The van der Waals surface area contributed by atoms with E-state index in [9.17, 15) is 4.79 Å². The first kappa shape index (κ1) is 14.8. The third-order valence-electron chi connectivity index (χ3n) is 3.92. The summed E-state index contributed by atoms with van der Waals surface area (Å²) in [5.74, 6) is 1.02. The lowest BCUT2D eigenvalue weighted by Crippen LogP contribution is -2.32. The van der Waals surface area contributed by atoms with Crippen LogP contribution in [0, 0.1) is 9.49 Å². The highest BCUT2D eigenvalue weighted by Gasteiger charge is 2.20. The van der Waals surface area contributed by atoms with Gasteiger partial charge < -0.3 is 4.90 Å². The Kier molecular flexibility index (Phi) is 5.67. The average Bonchev–Trinajstić information content (AvgIpc) is 2.65. The van der Waals surface area contributed by atoms with Crippen LogP contribution in [-0.4, -0.2) is 23.9 Å². The molecule has 1 atom stereocenters. The molecule has 1 aromatic carbocycles. The fourth-order valence-electron chi connectivity index (χ4n) is 2.84. The van der Waals surface area contributed by atoms with E-state index < -0.39 is 0 Å². The van der Waals surface area contributed by atoms with Crippen molar-refractivity contribution in [3.63, 3.8) is 0 Å². The van der Waals surface area contributed by atoms with Crippen molar-refractivity contribution >= 4 is 28.5 Å². The number of nitrogens with zero attached hydrogens (tertiary/aromatic N) is 1. The van der Waals surface area contributed by atoms with Crippen molar-refractivity contribution in [3.8, 4) is 0 Å². The van der Waals surface area contributed by atoms with E-state index in [0.717, 1.165) is 31.0 Å². The van der Waals surface area contributed by atoms with Gasteiger partial charge in [-0.05, 0) is 72.0 Å². The first-order valence-corrected chi connectivity index (χ1v) is 8.33. The Morgan fingerprint density at radius 1 is 1.26 bits per heavy atom. The maximum absolute atomic E-state index is 12.5. The second-order valence-electron chi connectivity index (χ2n) is 5.38. The van der Waals surface area contributed by atoms with Crippen LogP contribution < -0.4 is 0 Å². The molecule has 19 heavy (non-hydrogen) atoms. The van der Waals surface area contributed by atoms with Crippen LogP contribution in [-0.2, 0) is 0 Å². The minimum Gasteiger partial charge on any atom is -0.339 e. The number of amides is 1. The highest BCUT2D eigenvalue weighted by Crippen LogP contribution is 2.23. The lowest BCUT2D eigenvalue weighted by molar-refractivity contribution is 0.0760. The molecule has 1 saturated heterocycles. The Hall–Kier alpha value is -0.580. The summed E-state index contributed by atoms with van der Waals surface area (Å²) in [6, 6.07) is 7.90. The molecule has 1 heterocycles. The highest BCUT2D eigenvalue weighted by molar-refractivity contribution is 14.1. The number of likely N-dealkylation sites (tertiary alicyclic amines) is 1. The molecule has 1 aliphatic heterocycles. The molecule has 1 fully saturated rings. The van der Waals surface area contributed by atoms with Crippen molar-refractivity contribution < 1.29 is 4.79 Å². The second kappa shape index (κ2) is 7.27. The molecule has 3 heteroatoms. The Balaban J connectivity index is 1.98. The molecule has 1 unspecified atom stereocenters. The Morgan fingerprint density at radius 2 is 2.00 bits per heavy atom. The van der Waals surface area contributed by atoms with Crippen LogP contribution in [0.1, 0.15) is 49.4 Å². The van der Waals surface area contributed by atoms with E-state index in [4.69, 9.17) is 0 Å². The largest absolute Gasteiger partial charge is 0.339 e. The van der Waals surface area contributed by atoms with Gasteiger partial charge in [-0.1, -0.05) is 19.8 Å². The normalized spacial score (nSPS) is 20.1. The molecule has 0 aliphatic carbocycles. The minimum atomic E-state index is 0.202. The Labute approximate surface area is 129 Å². The van der Waals surface area contributed by atoms with Gasteiger partial charge in [0.1, 0.15) is 0 Å². The lowest BCUT2D eigenvalue weighted by Gasteiger charge is -2.20. The molecule has 0 saturated carbocycles. The molecule has 0 N–H and O–H groups in total. The number of benzene rings is 1. The number of hydrogen-bond acceptors (Lipinski definition) is 1. The molecular formula is C16H22INO. The fraction of sp³-hybridized carbons (Fsp3) is 0.562. The molecule has 1 aromatic rings. The topological polar surface area (TPSA) is 20.3 Å². The SMILES string of the molecule is CCCC1CCCN(C(=O)c2ccc(I)cc2)CC1. The van der Waals surface area contributed by atoms with Crippen molar-refractivity contribution in [2.75, 3.05) is 13.1 Å². The Bertz CT molecular complexity index is 415. The predicted octanol–water partition coefficient (Wildman–Crippen LogP) is 4.33. The fourth-order valence-corrected chi connectivity index (χ4v) is 3.20. The first-order chi connectivity index (χ1) is 9.20. The molecular weight excluding hydrogens is 349 g/mol. The van der Waals surface area contributed by atoms with Crippen LogP contribution in [0.3, 0.4) is 0 Å². The zero-order valence-electron chi connectivity index (χ0n) is 11.6. The zero-order chi connectivity index (χ0) is 13.7. The number of hydrogen-bond donors (Lipinski definition) is 0. The van der Waals surface area contributed by atoms with E-state index in [2.05, 4.69) is 29.5 Å². The van der Waals surface area contributed by atoms with Crippen LogP contribution in [0.25, 0.3) is 0 Å². The number of rotatable bonds is 3. The van der Waals surface area contributed by atoms with Crippen LogP contribution in [0.2, 0.25) is 0 Å². The van der Waals surface area contributed by atoms with E-state index in [1.807, 2.05) is 29.2 Å².